The van der Waals surface area contributed by atoms with Gasteiger partial charge >= 0.3 is 5.97 Å². The number of hydrogen-bond acceptors (Lipinski definition) is 2. The topological polar surface area (TPSA) is 46.5 Å². The lowest BCUT2D eigenvalue weighted by Crippen LogP contribution is -2.06. The van der Waals surface area contributed by atoms with E-state index in [1.165, 1.54) is 0 Å². The summed E-state index contributed by atoms with van der Waals surface area (Å²) in [6, 6.07) is 13.5. The second-order valence-corrected chi connectivity index (χ2v) is 4.90. The van der Waals surface area contributed by atoms with Gasteiger partial charge in [0.25, 0.3) is 0 Å². The number of carboxylic acids is 1. The van der Waals surface area contributed by atoms with Crippen molar-refractivity contribution in [2.75, 3.05) is 0 Å². The Balaban J connectivity index is 2.14. The summed E-state index contributed by atoms with van der Waals surface area (Å²) in [5.41, 5.74) is 3.93. The summed E-state index contributed by atoms with van der Waals surface area (Å²) in [5.74, 6) is 0.0133. The molecule has 2 rings (SSSR count). The van der Waals surface area contributed by atoms with Crippen molar-refractivity contribution >= 4 is 5.97 Å². The molecule has 0 saturated heterocycles. The van der Waals surface area contributed by atoms with E-state index in [1.807, 2.05) is 56.3 Å². The van der Waals surface area contributed by atoms with Gasteiger partial charge in [-0.1, -0.05) is 36.4 Å². The largest absolute Gasteiger partial charge is 0.489 e. The summed E-state index contributed by atoms with van der Waals surface area (Å²) < 4.78 is 5.83. The van der Waals surface area contributed by atoms with Crippen LogP contribution < -0.4 is 4.74 Å². The molecule has 2 aromatic carbocycles. The fourth-order valence-electron chi connectivity index (χ4n) is 2.05. The third-order valence-electron chi connectivity index (χ3n) is 3.19. The van der Waals surface area contributed by atoms with E-state index in [9.17, 15) is 4.79 Å². The number of aliphatic carboxylic acids is 1. The van der Waals surface area contributed by atoms with Gasteiger partial charge in [-0.3, -0.25) is 4.79 Å². The van der Waals surface area contributed by atoms with Crippen LogP contribution in [0.5, 0.6) is 5.75 Å². The Labute approximate surface area is 118 Å². The van der Waals surface area contributed by atoms with Crippen molar-refractivity contribution < 1.29 is 14.6 Å². The van der Waals surface area contributed by atoms with Crippen molar-refractivity contribution in [3.8, 4) is 5.75 Å². The number of benzene rings is 2. The maximum atomic E-state index is 10.9. The highest BCUT2D eigenvalue weighted by molar-refractivity contribution is 5.70. The fourth-order valence-corrected chi connectivity index (χ4v) is 2.05. The lowest BCUT2D eigenvalue weighted by atomic mass is 10.1. The molecule has 0 heterocycles. The average molecular weight is 270 g/mol. The quantitative estimate of drug-likeness (QED) is 0.904. The summed E-state index contributed by atoms with van der Waals surface area (Å²) in [5, 5.41) is 8.92. The zero-order valence-electron chi connectivity index (χ0n) is 11.7. The molecule has 20 heavy (non-hydrogen) atoms. The number of hydrogen-bond donors (Lipinski definition) is 1. The monoisotopic (exact) mass is 270 g/mol. The Bertz CT molecular complexity index is 617. The van der Waals surface area contributed by atoms with Gasteiger partial charge in [0.15, 0.2) is 0 Å². The third-order valence-corrected chi connectivity index (χ3v) is 3.19. The third kappa shape index (κ3) is 3.60. The second-order valence-electron chi connectivity index (χ2n) is 4.90. The van der Waals surface area contributed by atoms with Crippen LogP contribution in [0.4, 0.5) is 0 Å². The summed E-state index contributed by atoms with van der Waals surface area (Å²) in [6.45, 7) is 4.40. The minimum Gasteiger partial charge on any atom is -0.489 e. The van der Waals surface area contributed by atoms with Gasteiger partial charge in [-0.2, -0.15) is 0 Å². The molecule has 3 heteroatoms. The highest BCUT2D eigenvalue weighted by Crippen LogP contribution is 2.21. The molecule has 0 fully saturated rings. The molecule has 2 aromatic rings. The van der Waals surface area contributed by atoms with Crippen LogP contribution >= 0.6 is 0 Å². The zero-order valence-corrected chi connectivity index (χ0v) is 11.7. The van der Waals surface area contributed by atoms with Crippen LogP contribution in [-0.2, 0) is 17.8 Å². The molecule has 104 valence electrons. The summed E-state index contributed by atoms with van der Waals surface area (Å²) in [7, 11) is 0. The first-order chi connectivity index (χ1) is 9.56. The molecule has 0 aliphatic heterocycles. The van der Waals surface area contributed by atoms with Gasteiger partial charge in [0, 0.05) is 0 Å². The predicted octanol–water partition coefficient (Wildman–Crippen LogP) is 3.51. The summed E-state index contributed by atoms with van der Waals surface area (Å²) >= 11 is 0. The Kier molecular flexibility index (Phi) is 4.41. The molecule has 0 spiro atoms. The van der Waals surface area contributed by atoms with Gasteiger partial charge < -0.3 is 9.84 Å². The first kappa shape index (κ1) is 14.1. The molecule has 0 aromatic heterocycles. The zero-order chi connectivity index (χ0) is 14.5. The maximum absolute atomic E-state index is 10.9. The second kappa shape index (κ2) is 6.24. The first-order valence-corrected chi connectivity index (χ1v) is 6.55. The number of carboxylic acid groups (broad SMARTS) is 1. The fraction of sp³-hybridized carbons (Fsp3) is 0.235. The van der Waals surface area contributed by atoms with Crippen LogP contribution in [0.2, 0.25) is 0 Å². The molecular formula is C17H18O3. The number of ether oxygens (including phenoxy) is 1. The van der Waals surface area contributed by atoms with Crippen molar-refractivity contribution in [1.29, 1.82) is 0 Å². The Morgan fingerprint density at radius 3 is 2.50 bits per heavy atom. The first-order valence-electron chi connectivity index (χ1n) is 6.55. The van der Waals surface area contributed by atoms with Gasteiger partial charge in [-0.05, 0) is 42.2 Å². The van der Waals surface area contributed by atoms with Crippen molar-refractivity contribution in [1.82, 2.24) is 0 Å². The molecule has 0 aliphatic rings. The molecular weight excluding hydrogens is 252 g/mol. The maximum Gasteiger partial charge on any atom is 0.307 e. The van der Waals surface area contributed by atoms with E-state index in [-0.39, 0.29) is 6.42 Å². The Morgan fingerprint density at radius 2 is 1.80 bits per heavy atom. The predicted molar refractivity (Wildman–Crippen MR) is 78.0 cm³/mol. The van der Waals surface area contributed by atoms with Gasteiger partial charge in [-0.25, -0.2) is 0 Å². The standard InChI is InChI=1S/C17H18O3/c1-12-7-8-13(2)16(9-12)20-11-15-6-4-3-5-14(15)10-17(18)19/h3-9H,10-11H2,1-2H3,(H,18,19). The molecule has 0 radical (unpaired) electrons. The van der Waals surface area contributed by atoms with E-state index in [2.05, 4.69) is 0 Å². The van der Waals surface area contributed by atoms with Crippen molar-refractivity contribution in [2.45, 2.75) is 26.9 Å². The van der Waals surface area contributed by atoms with Crippen LogP contribution in [0.1, 0.15) is 22.3 Å². The molecule has 0 bridgehead atoms. The molecule has 0 atom stereocenters. The smallest absolute Gasteiger partial charge is 0.307 e. The van der Waals surface area contributed by atoms with Gasteiger partial charge in [0.2, 0.25) is 0 Å². The minimum absolute atomic E-state index is 0.0202. The SMILES string of the molecule is Cc1ccc(C)c(OCc2ccccc2CC(=O)O)c1. The van der Waals surface area contributed by atoms with E-state index >= 15 is 0 Å². The van der Waals surface area contributed by atoms with Crippen molar-refractivity contribution in [3.05, 3.63) is 64.7 Å². The number of aryl methyl sites for hydroxylation is 2. The highest BCUT2D eigenvalue weighted by atomic mass is 16.5. The molecule has 1 N–H and O–H groups in total. The number of rotatable bonds is 5. The number of carbonyl (C=O) groups is 1. The van der Waals surface area contributed by atoms with Gasteiger partial charge in [-0.15, -0.1) is 0 Å². The highest BCUT2D eigenvalue weighted by Gasteiger charge is 2.07. The van der Waals surface area contributed by atoms with E-state index in [0.29, 0.717) is 6.61 Å². The van der Waals surface area contributed by atoms with E-state index in [4.69, 9.17) is 9.84 Å². The van der Waals surface area contributed by atoms with Gasteiger partial charge in [0.1, 0.15) is 12.4 Å². The van der Waals surface area contributed by atoms with E-state index in [1.54, 1.807) is 0 Å². The Hall–Kier alpha value is -2.29. The molecule has 0 saturated carbocycles. The lowest BCUT2D eigenvalue weighted by molar-refractivity contribution is -0.136. The van der Waals surface area contributed by atoms with E-state index in [0.717, 1.165) is 28.0 Å². The summed E-state index contributed by atoms with van der Waals surface area (Å²) in [6.07, 6.45) is 0.0202. The van der Waals surface area contributed by atoms with Crippen LogP contribution in [0, 0.1) is 13.8 Å². The van der Waals surface area contributed by atoms with E-state index < -0.39 is 5.97 Å². The van der Waals surface area contributed by atoms with Gasteiger partial charge in [0.05, 0.1) is 6.42 Å². The minimum atomic E-state index is -0.829. The van der Waals surface area contributed by atoms with Crippen LogP contribution in [-0.4, -0.2) is 11.1 Å². The average Bonchev–Trinajstić information content (AvgIpc) is 2.41. The molecule has 0 aliphatic carbocycles. The Morgan fingerprint density at radius 1 is 1.10 bits per heavy atom. The van der Waals surface area contributed by atoms with Crippen LogP contribution in [0.3, 0.4) is 0 Å². The van der Waals surface area contributed by atoms with Crippen molar-refractivity contribution in [3.63, 3.8) is 0 Å². The normalized spacial score (nSPS) is 10.3. The molecule has 3 nitrogen and oxygen atoms in total. The van der Waals surface area contributed by atoms with Crippen molar-refractivity contribution in [2.24, 2.45) is 0 Å². The molecule has 0 amide bonds. The lowest BCUT2D eigenvalue weighted by Gasteiger charge is -2.12. The van der Waals surface area contributed by atoms with Crippen LogP contribution in [0.15, 0.2) is 42.5 Å². The van der Waals surface area contributed by atoms with Crippen LogP contribution in [0.25, 0.3) is 0 Å². The molecule has 0 unspecified atom stereocenters. The summed E-state index contributed by atoms with van der Waals surface area (Å²) in [4.78, 5) is 10.9.